The van der Waals surface area contributed by atoms with Gasteiger partial charge in [-0.2, -0.15) is 0 Å². The minimum Gasteiger partial charge on any atom is -0.311 e. The van der Waals surface area contributed by atoms with Crippen LogP contribution >= 0.6 is 11.3 Å². The lowest BCUT2D eigenvalue weighted by Crippen LogP contribution is -2.19. The number of aromatic nitrogens is 1. The molecule has 0 bridgehead atoms. The second kappa shape index (κ2) is 4.60. The topological polar surface area (TPSA) is 22.0 Å². The highest BCUT2D eigenvalue weighted by atomic mass is 32.1. The maximum absolute atomic E-state index is 12.4. The smallest absolute Gasteiger partial charge is 0.259 e. The van der Waals surface area contributed by atoms with E-state index in [1.54, 1.807) is 11.3 Å². The Morgan fingerprint density at radius 1 is 1.10 bits per heavy atom. The van der Waals surface area contributed by atoms with Crippen molar-refractivity contribution in [1.29, 1.82) is 0 Å². The molecular formula is C17H15NOS. The number of fused-ring (bicyclic) bond motifs is 2. The summed E-state index contributed by atoms with van der Waals surface area (Å²) in [6.07, 6.45) is 5.56. The molecule has 0 aliphatic heterocycles. The average Bonchev–Trinajstić information content (AvgIpc) is 3.10. The minimum atomic E-state index is 0.115. The number of rotatable bonds is 2. The van der Waals surface area contributed by atoms with Gasteiger partial charge in [0.25, 0.3) is 5.56 Å². The molecule has 1 aromatic carbocycles. The van der Waals surface area contributed by atoms with Crippen molar-refractivity contribution in [2.24, 2.45) is 0 Å². The van der Waals surface area contributed by atoms with Crippen LogP contribution in [0.25, 0.3) is 10.1 Å². The summed E-state index contributed by atoms with van der Waals surface area (Å²) in [5, 5.41) is 2.81. The van der Waals surface area contributed by atoms with Crippen molar-refractivity contribution in [3.63, 3.8) is 0 Å². The highest BCUT2D eigenvalue weighted by Gasteiger charge is 2.11. The standard InChI is InChI=1S/C17H15NOS/c19-17-15-7-9-20-16(15)6-8-18(17)11-12-4-5-13-2-1-3-14(13)10-12/h4-10H,1-3,11H2. The second-order valence-corrected chi connectivity index (χ2v) is 6.35. The van der Waals surface area contributed by atoms with Gasteiger partial charge in [0.15, 0.2) is 0 Å². The number of nitrogens with zero attached hydrogens (tertiary/aromatic N) is 1. The molecule has 4 rings (SSSR count). The van der Waals surface area contributed by atoms with Crippen LogP contribution in [0, 0.1) is 0 Å². The van der Waals surface area contributed by atoms with E-state index >= 15 is 0 Å². The summed E-state index contributed by atoms with van der Waals surface area (Å²) in [4.78, 5) is 12.4. The summed E-state index contributed by atoms with van der Waals surface area (Å²) in [6.45, 7) is 0.665. The molecule has 2 nitrogen and oxygen atoms in total. The summed E-state index contributed by atoms with van der Waals surface area (Å²) in [5.41, 5.74) is 4.29. The molecule has 0 unspecified atom stereocenters. The van der Waals surface area contributed by atoms with Crippen LogP contribution in [-0.4, -0.2) is 4.57 Å². The SMILES string of the molecule is O=c1c2ccsc2ccn1Cc1ccc2c(c1)CCC2. The lowest BCUT2D eigenvalue weighted by Gasteiger charge is -2.08. The van der Waals surface area contributed by atoms with Gasteiger partial charge in [-0.25, -0.2) is 0 Å². The first kappa shape index (κ1) is 11.9. The van der Waals surface area contributed by atoms with Gasteiger partial charge in [0, 0.05) is 10.9 Å². The van der Waals surface area contributed by atoms with Crippen LogP contribution in [0.2, 0.25) is 0 Å². The monoisotopic (exact) mass is 281 g/mol. The molecule has 20 heavy (non-hydrogen) atoms. The maximum atomic E-state index is 12.4. The van der Waals surface area contributed by atoms with E-state index in [1.807, 2.05) is 28.3 Å². The summed E-state index contributed by atoms with van der Waals surface area (Å²) in [5.74, 6) is 0. The van der Waals surface area contributed by atoms with Crippen LogP contribution in [0.5, 0.6) is 0 Å². The molecule has 3 aromatic rings. The van der Waals surface area contributed by atoms with Crippen molar-refractivity contribution in [1.82, 2.24) is 4.57 Å². The van der Waals surface area contributed by atoms with Crippen LogP contribution in [-0.2, 0) is 19.4 Å². The molecule has 0 N–H and O–H groups in total. The van der Waals surface area contributed by atoms with Gasteiger partial charge in [-0.3, -0.25) is 4.79 Å². The van der Waals surface area contributed by atoms with E-state index in [0.29, 0.717) is 6.54 Å². The normalized spacial score (nSPS) is 13.8. The van der Waals surface area contributed by atoms with Gasteiger partial charge >= 0.3 is 0 Å². The molecule has 0 saturated carbocycles. The van der Waals surface area contributed by atoms with Gasteiger partial charge in [-0.1, -0.05) is 18.2 Å². The Labute approximate surface area is 121 Å². The molecule has 1 aliphatic carbocycles. The molecular weight excluding hydrogens is 266 g/mol. The van der Waals surface area contributed by atoms with Gasteiger partial charge in [0.2, 0.25) is 0 Å². The van der Waals surface area contributed by atoms with E-state index in [-0.39, 0.29) is 5.56 Å². The predicted molar refractivity (Wildman–Crippen MR) is 83.7 cm³/mol. The molecule has 3 heteroatoms. The van der Waals surface area contributed by atoms with Crippen molar-refractivity contribution in [3.05, 3.63) is 69.0 Å². The van der Waals surface area contributed by atoms with E-state index in [2.05, 4.69) is 18.2 Å². The van der Waals surface area contributed by atoms with Crippen molar-refractivity contribution >= 4 is 21.4 Å². The minimum absolute atomic E-state index is 0.115. The molecule has 2 heterocycles. The predicted octanol–water partition coefficient (Wildman–Crippen LogP) is 3.60. The molecule has 0 radical (unpaired) electrons. The Bertz CT molecular complexity index is 844. The molecule has 0 amide bonds. The first-order chi connectivity index (χ1) is 9.81. The Morgan fingerprint density at radius 2 is 2.00 bits per heavy atom. The first-order valence-corrected chi connectivity index (χ1v) is 7.86. The molecule has 0 spiro atoms. The third-order valence-corrected chi connectivity index (χ3v) is 4.99. The summed E-state index contributed by atoms with van der Waals surface area (Å²) < 4.78 is 2.88. The molecule has 2 aromatic heterocycles. The fraction of sp³-hybridized carbons (Fsp3) is 0.235. The first-order valence-electron chi connectivity index (χ1n) is 6.98. The van der Waals surface area contributed by atoms with Gasteiger partial charge in [0.05, 0.1) is 11.9 Å². The third kappa shape index (κ3) is 1.90. The molecule has 0 saturated heterocycles. The van der Waals surface area contributed by atoms with Gasteiger partial charge in [0.1, 0.15) is 0 Å². The Morgan fingerprint density at radius 3 is 2.95 bits per heavy atom. The Balaban J connectivity index is 1.74. The van der Waals surface area contributed by atoms with Crippen molar-refractivity contribution < 1.29 is 0 Å². The molecule has 0 fully saturated rings. The summed E-state index contributed by atoms with van der Waals surface area (Å²) >= 11 is 1.62. The van der Waals surface area contributed by atoms with Crippen LogP contribution in [0.3, 0.4) is 0 Å². The Hall–Kier alpha value is -1.87. The van der Waals surface area contributed by atoms with Crippen LogP contribution < -0.4 is 5.56 Å². The number of hydrogen-bond acceptors (Lipinski definition) is 2. The summed E-state index contributed by atoms with van der Waals surface area (Å²) in [7, 11) is 0. The quantitative estimate of drug-likeness (QED) is 0.703. The number of thiophene rings is 1. The average molecular weight is 281 g/mol. The van der Waals surface area contributed by atoms with E-state index in [0.717, 1.165) is 10.1 Å². The van der Waals surface area contributed by atoms with Gasteiger partial charge in [-0.15, -0.1) is 11.3 Å². The molecule has 100 valence electrons. The van der Waals surface area contributed by atoms with Crippen LogP contribution in [0.4, 0.5) is 0 Å². The van der Waals surface area contributed by atoms with E-state index in [9.17, 15) is 4.79 Å². The Kier molecular flexibility index (Phi) is 2.74. The zero-order valence-electron chi connectivity index (χ0n) is 11.1. The number of pyridine rings is 1. The van der Waals surface area contributed by atoms with Gasteiger partial charge < -0.3 is 4.57 Å². The zero-order chi connectivity index (χ0) is 13.5. The lowest BCUT2D eigenvalue weighted by molar-refractivity contribution is 0.767. The van der Waals surface area contributed by atoms with Crippen LogP contribution in [0.15, 0.2) is 46.7 Å². The van der Waals surface area contributed by atoms with Gasteiger partial charge in [-0.05, 0) is 53.5 Å². The van der Waals surface area contributed by atoms with Crippen LogP contribution in [0.1, 0.15) is 23.1 Å². The van der Waals surface area contributed by atoms with E-state index in [4.69, 9.17) is 0 Å². The lowest BCUT2D eigenvalue weighted by atomic mass is 10.1. The summed E-state index contributed by atoms with van der Waals surface area (Å²) in [6, 6.07) is 10.6. The maximum Gasteiger partial charge on any atom is 0.259 e. The zero-order valence-corrected chi connectivity index (χ0v) is 12.0. The highest BCUT2D eigenvalue weighted by molar-refractivity contribution is 7.17. The number of benzene rings is 1. The van der Waals surface area contributed by atoms with Crippen molar-refractivity contribution in [2.75, 3.05) is 0 Å². The van der Waals surface area contributed by atoms with E-state index < -0.39 is 0 Å². The fourth-order valence-electron chi connectivity index (χ4n) is 3.05. The largest absolute Gasteiger partial charge is 0.311 e. The molecule has 1 aliphatic rings. The highest BCUT2D eigenvalue weighted by Crippen LogP contribution is 2.23. The number of aryl methyl sites for hydroxylation is 2. The fourth-order valence-corrected chi connectivity index (χ4v) is 3.82. The number of hydrogen-bond donors (Lipinski definition) is 0. The second-order valence-electron chi connectivity index (χ2n) is 5.40. The molecule has 0 atom stereocenters. The van der Waals surface area contributed by atoms with E-state index in [1.165, 1.54) is 36.0 Å². The van der Waals surface area contributed by atoms with Crippen molar-refractivity contribution in [3.8, 4) is 0 Å². The third-order valence-electron chi connectivity index (χ3n) is 4.11. The van der Waals surface area contributed by atoms with Crippen molar-refractivity contribution in [2.45, 2.75) is 25.8 Å².